The molecule has 1 saturated heterocycles. The fourth-order valence-electron chi connectivity index (χ4n) is 1.93. The molecule has 122 valence electrons. The van der Waals surface area contributed by atoms with Crippen molar-refractivity contribution in [2.45, 2.75) is 0 Å². The molecule has 23 heavy (non-hydrogen) atoms. The van der Waals surface area contributed by atoms with Gasteiger partial charge in [0.25, 0.3) is 11.8 Å². The van der Waals surface area contributed by atoms with Crippen LogP contribution in [0.2, 0.25) is 0 Å². The highest BCUT2D eigenvalue weighted by Gasteiger charge is 2.20. The Morgan fingerprint density at radius 2 is 2.35 bits per heavy atom. The van der Waals surface area contributed by atoms with Crippen LogP contribution in [0, 0.1) is 0 Å². The standard InChI is InChI=1S/C13H15N5O4S/c19-11(15-14-8-10-2-1-5-21-10)9-22-13-12(16-23-17-13)18-3-6-20-7-4-18/h1-2,5,8H,3-4,6-7,9H2,(H,15,19)/b14-8+. The molecule has 9 nitrogen and oxygen atoms in total. The zero-order chi connectivity index (χ0) is 15.9. The maximum atomic E-state index is 11.7. The van der Waals surface area contributed by atoms with E-state index in [1.165, 1.54) is 12.5 Å². The van der Waals surface area contributed by atoms with E-state index in [4.69, 9.17) is 13.9 Å². The summed E-state index contributed by atoms with van der Waals surface area (Å²) in [6.07, 6.45) is 2.93. The van der Waals surface area contributed by atoms with Gasteiger partial charge < -0.3 is 18.8 Å². The first-order valence-corrected chi connectivity index (χ1v) is 7.69. The van der Waals surface area contributed by atoms with E-state index in [-0.39, 0.29) is 6.61 Å². The highest BCUT2D eigenvalue weighted by Crippen LogP contribution is 2.26. The molecule has 2 aromatic rings. The van der Waals surface area contributed by atoms with E-state index >= 15 is 0 Å². The van der Waals surface area contributed by atoms with Crippen LogP contribution in [0.5, 0.6) is 5.88 Å². The molecule has 0 bridgehead atoms. The lowest BCUT2D eigenvalue weighted by Crippen LogP contribution is -2.36. The van der Waals surface area contributed by atoms with Gasteiger partial charge in [0.05, 0.1) is 37.4 Å². The highest BCUT2D eigenvalue weighted by molar-refractivity contribution is 6.99. The Hall–Kier alpha value is -2.46. The van der Waals surface area contributed by atoms with E-state index in [0.29, 0.717) is 30.7 Å². The van der Waals surface area contributed by atoms with Gasteiger partial charge in [-0.05, 0) is 12.1 Å². The van der Waals surface area contributed by atoms with Crippen molar-refractivity contribution in [3.63, 3.8) is 0 Å². The van der Waals surface area contributed by atoms with Crippen LogP contribution in [0.4, 0.5) is 5.82 Å². The first-order valence-electron chi connectivity index (χ1n) is 6.96. The van der Waals surface area contributed by atoms with Gasteiger partial charge in [-0.25, -0.2) is 5.43 Å². The Morgan fingerprint density at radius 1 is 1.48 bits per heavy atom. The predicted octanol–water partition coefficient (Wildman–Crippen LogP) is 0.497. The number of hydrogen-bond acceptors (Lipinski definition) is 9. The van der Waals surface area contributed by atoms with Gasteiger partial charge >= 0.3 is 0 Å². The molecule has 0 saturated carbocycles. The predicted molar refractivity (Wildman–Crippen MR) is 82.9 cm³/mol. The molecule has 1 aliphatic heterocycles. The molecule has 1 aliphatic rings. The number of nitrogens with zero attached hydrogens (tertiary/aromatic N) is 4. The number of hydrogen-bond donors (Lipinski definition) is 1. The monoisotopic (exact) mass is 337 g/mol. The molecule has 0 aliphatic carbocycles. The zero-order valence-corrected chi connectivity index (χ0v) is 13.0. The number of furan rings is 1. The third kappa shape index (κ3) is 4.27. The van der Waals surface area contributed by atoms with Crippen LogP contribution in [-0.2, 0) is 9.53 Å². The maximum Gasteiger partial charge on any atom is 0.278 e. The van der Waals surface area contributed by atoms with Crippen LogP contribution < -0.4 is 15.1 Å². The summed E-state index contributed by atoms with van der Waals surface area (Å²) >= 11 is 1.05. The van der Waals surface area contributed by atoms with Gasteiger partial charge in [0, 0.05) is 13.1 Å². The van der Waals surface area contributed by atoms with Crippen LogP contribution in [0.1, 0.15) is 5.76 Å². The van der Waals surface area contributed by atoms with Crippen molar-refractivity contribution in [3.05, 3.63) is 24.2 Å². The lowest BCUT2D eigenvalue weighted by molar-refractivity contribution is -0.123. The van der Waals surface area contributed by atoms with Crippen molar-refractivity contribution in [2.75, 3.05) is 37.8 Å². The molecule has 1 fully saturated rings. The van der Waals surface area contributed by atoms with Gasteiger partial charge in [-0.15, -0.1) is 4.37 Å². The van der Waals surface area contributed by atoms with E-state index in [1.54, 1.807) is 12.1 Å². The van der Waals surface area contributed by atoms with E-state index < -0.39 is 5.91 Å². The topological polar surface area (TPSA) is 102 Å². The minimum atomic E-state index is -0.395. The molecule has 10 heteroatoms. The average Bonchev–Trinajstić information content (AvgIpc) is 3.25. The quantitative estimate of drug-likeness (QED) is 0.605. The number of carbonyl (C=O) groups is 1. The first kappa shape index (κ1) is 15.4. The number of anilines is 1. The van der Waals surface area contributed by atoms with Gasteiger partial charge in [-0.2, -0.15) is 9.47 Å². The van der Waals surface area contributed by atoms with Crippen LogP contribution in [-0.4, -0.2) is 53.8 Å². The first-order chi connectivity index (χ1) is 11.3. The number of nitrogens with one attached hydrogen (secondary N) is 1. The van der Waals surface area contributed by atoms with Crippen molar-refractivity contribution in [3.8, 4) is 5.88 Å². The molecular weight excluding hydrogens is 322 g/mol. The Morgan fingerprint density at radius 3 is 3.13 bits per heavy atom. The zero-order valence-electron chi connectivity index (χ0n) is 12.2. The summed E-state index contributed by atoms with van der Waals surface area (Å²) in [7, 11) is 0. The molecule has 0 radical (unpaired) electrons. The van der Waals surface area contributed by atoms with Crippen molar-refractivity contribution < 1.29 is 18.7 Å². The number of amides is 1. The molecule has 0 aromatic carbocycles. The molecule has 3 rings (SSSR count). The van der Waals surface area contributed by atoms with E-state index in [0.717, 1.165) is 24.8 Å². The second-order valence-electron chi connectivity index (χ2n) is 4.59. The Labute approximate surface area is 136 Å². The van der Waals surface area contributed by atoms with Gasteiger partial charge in [0.2, 0.25) is 5.82 Å². The molecule has 0 atom stereocenters. The summed E-state index contributed by atoms with van der Waals surface area (Å²) in [6, 6.07) is 3.45. The largest absolute Gasteiger partial charge is 0.464 e. The third-order valence-electron chi connectivity index (χ3n) is 3.02. The van der Waals surface area contributed by atoms with Crippen LogP contribution >= 0.6 is 11.7 Å². The van der Waals surface area contributed by atoms with Crippen molar-refractivity contribution >= 4 is 29.7 Å². The molecule has 3 heterocycles. The molecule has 0 spiro atoms. The Bertz CT molecular complexity index is 651. The van der Waals surface area contributed by atoms with Crippen LogP contribution in [0.25, 0.3) is 0 Å². The van der Waals surface area contributed by atoms with Crippen LogP contribution in [0.3, 0.4) is 0 Å². The smallest absolute Gasteiger partial charge is 0.278 e. The summed E-state index contributed by atoms with van der Waals surface area (Å²) in [5.74, 6) is 1.14. The molecular formula is C13H15N5O4S. The number of carbonyl (C=O) groups excluding carboxylic acids is 1. The Kier molecular flexibility index (Phi) is 5.17. The number of aromatic nitrogens is 2. The summed E-state index contributed by atoms with van der Waals surface area (Å²) in [5.41, 5.74) is 2.35. The number of hydrazone groups is 1. The fraction of sp³-hybridized carbons (Fsp3) is 0.385. The van der Waals surface area contributed by atoms with Gasteiger partial charge in [-0.1, -0.05) is 0 Å². The SMILES string of the molecule is O=C(COc1nsnc1N1CCOCC1)N/N=C/c1ccco1. The lowest BCUT2D eigenvalue weighted by atomic mass is 10.4. The highest BCUT2D eigenvalue weighted by atomic mass is 32.1. The van der Waals surface area contributed by atoms with Gasteiger partial charge in [0.15, 0.2) is 6.61 Å². The van der Waals surface area contributed by atoms with Crippen molar-refractivity contribution in [1.82, 2.24) is 14.2 Å². The minimum absolute atomic E-state index is 0.196. The number of ether oxygens (including phenoxy) is 2. The summed E-state index contributed by atoms with van der Waals surface area (Å²) in [6.45, 7) is 2.53. The summed E-state index contributed by atoms with van der Waals surface area (Å²) < 4.78 is 24.1. The molecule has 1 amide bonds. The van der Waals surface area contributed by atoms with E-state index in [2.05, 4.69) is 19.3 Å². The normalized spacial score (nSPS) is 15.0. The summed E-state index contributed by atoms with van der Waals surface area (Å²) in [5, 5.41) is 3.77. The fourth-order valence-corrected chi connectivity index (χ4v) is 2.45. The van der Waals surface area contributed by atoms with Gasteiger partial charge in [0.1, 0.15) is 5.76 Å². The molecule has 1 N–H and O–H groups in total. The van der Waals surface area contributed by atoms with Gasteiger partial charge in [-0.3, -0.25) is 4.79 Å². The van der Waals surface area contributed by atoms with E-state index in [9.17, 15) is 4.79 Å². The maximum absolute atomic E-state index is 11.7. The number of rotatable bonds is 6. The lowest BCUT2D eigenvalue weighted by Gasteiger charge is -2.26. The van der Waals surface area contributed by atoms with E-state index in [1.807, 2.05) is 4.90 Å². The van der Waals surface area contributed by atoms with Crippen molar-refractivity contribution in [2.24, 2.45) is 5.10 Å². The summed E-state index contributed by atoms with van der Waals surface area (Å²) in [4.78, 5) is 13.7. The second-order valence-corrected chi connectivity index (χ2v) is 5.12. The molecule has 2 aromatic heterocycles. The Balaban J connectivity index is 1.48. The third-order valence-corrected chi connectivity index (χ3v) is 3.52. The average molecular weight is 337 g/mol. The molecule has 0 unspecified atom stereocenters. The van der Waals surface area contributed by atoms with Crippen molar-refractivity contribution in [1.29, 1.82) is 0 Å². The second kappa shape index (κ2) is 7.70. The van der Waals surface area contributed by atoms with Crippen LogP contribution in [0.15, 0.2) is 27.9 Å². The minimum Gasteiger partial charge on any atom is -0.464 e. The number of morpholine rings is 1.